The number of benzene rings is 2. The third-order valence-electron chi connectivity index (χ3n) is 15.2. The summed E-state index contributed by atoms with van der Waals surface area (Å²) >= 11 is 0. The number of ketones is 5. The normalized spacial score (nSPS) is 31.5. The van der Waals surface area contributed by atoms with E-state index in [-0.39, 0.29) is 11.3 Å². The second-order valence-electron chi connectivity index (χ2n) is 19.0. The van der Waals surface area contributed by atoms with Crippen LogP contribution in [0.15, 0.2) is 24.3 Å². The van der Waals surface area contributed by atoms with Crippen molar-refractivity contribution in [1.29, 1.82) is 0 Å². The van der Waals surface area contributed by atoms with Crippen molar-refractivity contribution in [2.45, 2.75) is 162 Å². The maximum absolute atomic E-state index is 14.9. The van der Waals surface area contributed by atoms with Crippen LogP contribution in [0.2, 0.25) is 0 Å². The Bertz CT molecular complexity index is 2000. The highest BCUT2D eigenvalue weighted by Gasteiger charge is 2.80. The molecule has 2 aromatic rings. The fraction of sp³-hybridized carbons (Fsp3) is 0.620. The molecule has 6 rings (SSSR count). The molecule has 3 N–H and O–H groups in total. The van der Waals surface area contributed by atoms with Gasteiger partial charge in [-0.05, 0) is 103 Å². The van der Waals surface area contributed by atoms with E-state index >= 15 is 0 Å². The average molecular weight is 795 g/mol. The van der Waals surface area contributed by atoms with Crippen LogP contribution in [-0.2, 0) is 32.0 Å². The summed E-state index contributed by atoms with van der Waals surface area (Å²) in [5.41, 5.74) is -0.305. The van der Waals surface area contributed by atoms with Gasteiger partial charge in [0.1, 0.15) is 17.5 Å². The maximum atomic E-state index is 14.9. The van der Waals surface area contributed by atoms with Gasteiger partial charge in [-0.15, -0.1) is 0 Å². The minimum absolute atomic E-state index is 0.0798. The zero-order chi connectivity index (χ0) is 42.5. The van der Waals surface area contributed by atoms with E-state index in [1.807, 2.05) is 6.08 Å². The number of unbranched alkanes of at least 4 members (excludes halogenated alkanes) is 4. The number of Topliss-reactive ketones (excluding diaryl/α,β-unsaturated/α-hetero) is 5. The molecule has 0 aliphatic heterocycles. The number of aromatic hydroxyl groups is 1. The fourth-order valence-corrected chi connectivity index (χ4v) is 12.0. The molecule has 0 amide bonds. The number of phenolic OH excluding ortho intramolecular Hbond substituents is 1. The van der Waals surface area contributed by atoms with Gasteiger partial charge in [-0.2, -0.15) is 0 Å². The summed E-state index contributed by atoms with van der Waals surface area (Å²) in [5, 5.41) is 36.5. The number of hydrogen-bond acceptors (Lipinski definition) is 8. The lowest BCUT2D eigenvalue weighted by Gasteiger charge is -2.65. The van der Waals surface area contributed by atoms with Gasteiger partial charge in [-0.1, -0.05) is 124 Å². The highest BCUT2D eigenvalue weighted by atomic mass is 16.3. The smallest absolute Gasteiger partial charge is 0.191 e. The largest absolute Gasteiger partial charge is 0.507 e. The number of aliphatic hydroxyl groups is 2. The van der Waals surface area contributed by atoms with Crippen molar-refractivity contribution in [3.8, 4) is 5.75 Å². The third kappa shape index (κ3) is 6.69. The minimum atomic E-state index is -3.00. The molecule has 0 saturated heterocycles. The van der Waals surface area contributed by atoms with E-state index in [0.717, 1.165) is 57.4 Å². The van der Waals surface area contributed by atoms with Crippen LogP contribution in [0, 0.1) is 34.5 Å². The number of phenols is 1. The number of hydrogen-bond donors (Lipinski definition) is 3. The van der Waals surface area contributed by atoms with Gasteiger partial charge in [-0.3, -0.25) is 24.0 Å². The minimum Gasteiger partial charge on any atom is -0.507 e. The zero-order valence-corrected chi connectivity index (χ0v) is 36.1. The van der Waals surface area contributed by atoms with Crippen LogP contribution < -0.4 is 0 Å². The van der Waals surface area contributed by atoms with Gasteiger partial charge in [0.05, 0.1) is 17.6 Å². The first-order chi connectivity index (χ1) is 27.4. The Hall–Kier alpha value is -3.75. The van der Waals surface area contributed by atoms with Crippen molar-refractivity contribution in [3.63, 3.8) is 0 Å². The highest BCUT2D eigenvalue weighted by Crippen LogP contribution is 2.67. The second kappa shape index (κ2) is 16.7. The van der Waals surface area contributed by atoms with Crippen LogP contribution in [-0.4, -0.2) is 55.9 Å². The van der Waals surface area contributed by atoms with Crippen molar-refractivity contribution in [3.05, 3.63) is 63.2 Å². The number of carbonyl (C=O) groups excluding carboxylic acids is 5. The summed E-state index contributed by atoms with van der Waals surface area (Å²) in [6, 6.07) is 8.03. The van der Waals surface area contributed by atoms with Gasteiger partial charge >= 0.3 is 0 Å². The lowest BCUT2D eigenvalue weighted by atomic mass is 9.37. The number of fused-ring (bicyclic) bond motifs is 3. The van der Waals surface area contributed by atoms with E-state index in [1.54, 1.807) is 33.8 Å². The topological polar surface area (TPSA) is 146 Å². The quantitative estimate of drug-likeness (QED) is 0.103. The molecule has 8 nitrogen and oxygen atoms in total. The van der Waals surface area contributed by atoms with Gasteiger partial charge in [-0.25, -0.2) is 0 Å². The van der Waals surface area contributed by atoms with Crippen LogP contribution >= 0.6 is 0 Å². The maximum Gasteiger partial charge on any atom is 0.191 e. The second-order valence-corrected chi connectivity index (χ2v) is 19.0. The van der Waals surface area contributed by atoms with Crippen LogP contribution in [0.1, 0.15) is 182 Å². The molecule has 8 heteroatoms. The number of rotatable bonds is 13. The molecule has 3 saturated carbocycles. The first kappa shape index (κ1) is 43.8. The Morgan fingerprint density at radius 2 is 1.47 bits per heavy atom. The van der Waals surface area contributed by atoms with Crippen molar-refractivity contribution in [1.82, 2.24) is 0 Å². The molecule has 4 unspecified atom stereocenters. The molecule has 0 radical (unpaired) electrons. The molecule has 2 aromatic carbocycles. The van der Waals surface area contributed by atoms with Gasteiger partial charge in [0.25, 0.3) is 0 Å². The lowest BCUT2D eigenvalue weighted by Crippen LogP contribution is -2.82. The Labute approximate surface area is 345 Å². The first-order valence-corrected chi connectivity index (χ1v) is 22.2. The molecule has 58 heavy (non-hydrogen) atoms. The number of aliphatic hydroxyl groups excluding tert-OH is 1. The summed E-state index contributed by atoms with van der Waals surface area (Å²) in [4.78, 5) is 70.7. The summed E-state index contributed by atoms with van der Waals surface area (Å²) in [6.45, 7) is 13.7. The number of carbonyl (C=O) groups is 5. The van der Waals surface area contributed by atoms with Crippen LogP contribution in [0.25, 0.3) is 12.2 Å². The molecule has 0 heterocycles. The van der Waals surface area contributed by atoms with Crippen LogP contribution in [0.4, 0.5) is 0 Å². The SMILES string of the molecule is CCCCCc1cc(C2CCCCC2)c(CCCCC)cc1C=Cc1ccc(O)c2c1C(C)[C@@]1(C)C(C2=O)C(=O)[C@@]2(O)C(=O)C(C(C)=O)C(=O)C(C(C)C)[C@@]2(C)[C@@H]1O. The number of aryl methyl sites for hydroxylation is 2. The molecule has 3 fully saturated rings. The molecule has 0 bridgehead atoms. The highest BCUT2D eigenvalue weighted by molar-refractivity contribution is 6.33. The van der Waals surface area contributed by atoms with Crippen molar-refractivity contribution in [2.24, 2.45) is 34.5 Å². The standard InChI is InChI=1S/C50H66O8/c1-9-11-14-20-33-27-36(31-18-16-13-17-19-31)35(21-15-12-10-2)26-34(33)23-22-32-24-25-37(52)40-38(32)29(5)48(7)42(44(40)54)46(56)50(58)45(55)39(30(6)51)43(53)41(28(3)4)49(50,8)47(48)57/h22-29,31,39,41-42,47,52,57-58H,9-21H2,1-8H3/t29?,39?,41?,42?,47-,48+,49+,50+/m1/s1. The monoisotopic (exact) mass is 794 g/mol. The Kier molecular flexibility index (Phi) is 12.6. The molecular formula is C50H66O8. The summed E-state index contributed by atoms with van der Waals surface area (Å²) in [7, 11) is 0. The Morgan fingerprint density at radius 1 is 0.862 bits per heavy atom. The van der Waals surface area contributed by atoms with E-state index in [4.69, 9.17) is 0 Å². The molecule has 0 spiro atoms. The zero-order valence-electron chi connectivity index (χ0n) is 36.1. The Balaban J connectivity index is 1.50. The summed E-state index contributed by atoms with van der Waals surface area (Å²) < 4.78 is 0. The molecule has 314 valence electrons. The van der Waals surface area contributed by atoms with Crippen molar-refractivity contribution < 1.29 is 39.3 Å². The summed E-state index contributed by atoms with van der Waals surface area (Å²) in [5.74, 6) is -10.7. The van der Waals surface area contributed by atoms with Gasteiger partial charge in [0.2, 0.25) is 0 Å². The van der Waals surface area contributed by atoms with E-state index in [2.05, 4.69) is 32.1 Å². The lowest BCUT2D eigenvalue weighted by molar-refractivity contribution is -0.240. The van der Waals surface area contributed by atoms with E-state index in [9.17, 15) is 39.3 Å². The van der Waals surface area contributed by atoms with E-state index in [0.29, 0.717) is 17.0 Å². The summed E-state index contributed by atoms with van der Waals surface area (Å²) in [6.07, 6.45) is 17.3. The van der Waals surface area contributed by atoms with Crippen molar-refractivity contribution in [2.75, 3.05) is 0 Å². The third-order valence-corrected chi connectivity index (χ3v) is 15.2. The average Bonchev–Trinajstić information content (AvgIpc) is 3.18. The molecule has 4 aliphatic carbocycles. The van der Waals surface area contributed by atoms with Crippen LogP contribution in [0.3, 0.4) is 0 Å². The van der Waals surface area contributed by atoms with E-state index < -0.39 is 81.0 Å². The van der Waals surface area contributed by atoms with Gasteiger partial charge in [0, 0.05) is 16.7 Å². The van der Waals surface area contributed by atoms with Crippen LogP contribution in [0.5, 0.6) is 5.75 Å². The first-order valence-electron chi connectivity index (χ1n) is 22.2. The molecule has 8 atom stereocenters. The van der Waals surface area contributed by atoms with Gasteiger partial charge in [0.15, 0.2) is 28.7 Å². The molecule has 4 aliphatic rings. The fourth-order valence-electron chi connectivity index (χ4n) is 12.0. The predicted octanol–water partition coefficient (Wildman–Crippen LogP) is 9.31. The Morgan fingerprint density at radius 3 is 2.05 bits per heavy atom. The molecular weight excluding hydrogens is 729 g/mol. The van der Waals surface area contributed by atoms with Crippen molar-refractivity contribution >= 4 is 41.1 Å². The molecule has 0 aromatic heterocycles. The van der Waals surface area contributed by atoms with Gasteiger partial charge < -0.3 is 15.3 Å². The van der Waals surface area contributed by atoms with E-state index in [1.165, 1.54) is 68.2 Å². The predicted molar refractivity (Wildman–Crippen MR) is 227 cm³/mol.